The van der Waals surface area contributed by atoms with Gasteiger partial charge in [0, 0.05) is 55.4 Å². The lowest BCUT2D eigenvalue weighted by Crippen LogP contribution is -2.24. The maximum absolute atomic E-state index is 13.5. The number of H-pyrrole nitrogens is 2. The molecule has 6 rings (SSSR count). The molecule has 5 aromatic heterocycles. The molecule has 0 aromatic carbocycles. The highest BCUT2D eigenvalue weighted by molar-refractivity contribution is 5.93. The summed E-state index contributed by atoms with van der Waals surface area (Å²) in [5.41, 5.74) is 5.34. The van der Waals surface area contributed by atoms with E-state index < -0.39 is 5.92 Å². The smallest absolute Gasteiger partial charge is 0.261 e. The Kier molecular flexibility index (Phi) is 4.22. The summed E-state index contributed by atoms with van der Waals surface area (Å²) in [5.74, 6) is -2.00. The van der Waals surface area contributed by atoms with Crippen molar-refractivity contribution < 1.29 is 8.78 Å². The van der Waals surface area contributed by atoms with Crippen molar-refractivity contribution in [2.75, 3.05) is 13.1 Å². The number of nitrogens with zero attached hydrogens (tertiary/aromatic N) is 6. The van der Waals surface area contributed by atoms with Crippen LogP contribution in [0.5, 0.6) is 0 Å². The van der Waals surface area contributed by atoms with E-state index in [0.29, 0.717) is 35.9 Å². The molecule has 1 saturated heterocycles. The number of rotatable bonds is 4. The van der Waals surface area contributed by atoms with E-state index in [1.165, 1.54) is 0 Å². The van der Waals surface area contributed by atoms with E-state index in [4.69, 9.17) is 0 Å². The van der Waals surface area contributed by atoms with Gasteiger partial charge in [0.2, 0.25) is 0 Å². The number of pyridine rings is 3. The second kappa shape index (κ2) is 7.13. The monoisotopic (exact) mass is 432 g/mol. The molecule has 0 bridgehead atoms. The van der Waals surface area contributed by atoms with Crippen molar-refractivity contribution in [1.82, 2.24) is 40.0 Å². The summed E-state index contributed by atoms with van der Waals surface area (Å²) in [4.78, 5) is 22.6. The maximum Gasteiger partial charge on any atom is 0.261 e. The Morgan fingerprint density at radius 3 is 2.81 bits per heavy atom. The fraction of sp³-hybridized carbons (Fsp3) is 0.227. The third-order valence-electron chi connectivity index (χ3n) is 5.68. The molecular weight excluding hydrogens is 414 g/mol. The lowest BCUT2D eigenvalue weighted by atomic mass is 10.1. The highest BCUT2D eigenvalue weighted by atomic mass is 19.3. The minimum atomic E-state index is -2.61. The molecule has 8 nitrogen and oxygen atoms in total. The number of nitrogens with one attached hydrogen (secondary N) is 2. The summed E-state index contributed by atoms with van der Waals surface area (Å²) in [5, 5.41) is 8.15. The highest BCUT2D eigenvalue weighted by Gasteiger charge is 2.37. The van der Waals surface area contributed by atoms with Crippen LogP contribution in [0.25, 0.3) is 44.8 Å². The molecule has 0 aliphatic carbocycles. The summed E-state index contributed by atoms with van der Waals surface area (Å²) < 4.78 is 27.0. The molecule has 0 saturated carbocycles. The fourth-order valence-electron chi connectivity index (χ4n) is 4.13. The molecule has 6 heterocycles. The standard InChI is InChI=1S/C22H18F2N8/c23-22(24)3-5-32(12-22)11-13-6-14(9-25-8-13)15-7-16-18(30-31-19(16)27-10-15)21-28-17-2-1-4-26-20(17)29-21/h1-2,4,6-10H,3,5,11-12H2,(H,26,28,29)(H,27,30,31). The van der Waals surface area contributed by atoms with Crippen LogP contribution in [0.15, 0.2) is 49.1 Å². The molecule has 0 radical (unpaired) electrons. The molecule has 0 unspecified atom stereocenters. The van der Waals surface area contributed by atoms with Crippen LogP contribution in [0, 0.1) is 0 Å². The molecule has 160 valence electrons. The Labute approximate surface area is 180 Å². The van der Waals surface area contributed by atoms with Crippen molar-refractivity contribution in [2.24, 2.45) is 0 Å². The van der Waals surface area contributed by atoms with Gasteiger partial charge in [0.1, 0.15) is 11.2 Å². The molecule has 1 aliphatic rings. The summed E-state index contributed by atoms with van der Waals surface area (Å²) >= 11 is 0. The van der Waals surface area contributed by atoms with Gasteiger partial charge >= 0.3 is 0 Å². The number of hydrogen-bond acceptors (Lipinski definition) is 6. The second-order valence-corrected chi connectivity index (χ2v) is 8.05. The van der Waals surface area contributed by atoms with Crippen LogP contribution in [0.3, 0.4) is 0 Å². The normalized spacial score (nSPS) is 16.3. The first-order valence-corrected chi connectivity index (χ1v) is 10.2. The maximum atomic E-state index is 13.5. The zero-order valence-electron chi connectivity index (χ0n) is 16.9. The van der Waals surface area contributed by atoms with Gasteiger partial charge in [-0.15, -0.1) is 0 Å². The van der Waals surface area contributed by atoms with Crippen LogP contribution in [0.1, 0.15) is 12.0 Å². The van der Waals surface area contributed by atoms with Crippen LogP contribution >= 0.6 is 0 Å². The number of aromatic amines is 2. The largest absolute Gasteiger partial charge is 0.321 e. The van der Waals surface area contributed by atoms with Gasteiger partial charge in [0.25, 0.3) is 5.92 Å². The predicted octanol–water partition coefficient (Wildman–Crippen LogP) is 3.80. The summed E-state index contributed by atoms with van der Waals surface area (Å²) in [6, 6.07) is 7.66. The lowest BCUT2D eigenvalue weighted by Gasteiger charge is -2.15. The van der Waals surface area contributed by atoms with Crippen molar-refractivity contribution in [3.8, 4) is 22.6 Å². The SMILES string of the molecule is FC1(F)CCN(Cc2cncc(-c3cnc4[nH]nc(-c5nc6cccnc6[nH]5)c4c3)c2)C1. The van der Waals surface area contributed by atoms with Gasteiger partial charge in [0.05, 0.1) is 11.9 Å². The summed E-state index contributed by atoms with van der Waals surface area (Å²) in [6.45, 7) is 0.611. The molecule has 0 spiro atoms. The average Bonchev–Trinajstić information content (AvgIpc) is 3.49. The summed E-state index contributed by atoms with van der Waals surface area (Å²) in [6.07, 6.45) is 6.82. The predicted molar refractivity (Wildman–Crippen MR) is 115 cm³/mol. The highest BCUT2D eigenvalue weighted by Crippen LogP contribution is 2.30. The Bertz CT molecular complexity index is 1410. The van der Waals surface area contributed by atoms with Crippen LogP contribution in [0.4, 0.5) is 8.78 Å². The molecule has 0 atom stereocenters. The van der Waals surface area contributed by atoms with Gasteiger partial charge in [-0.3, -0.25) is 15.0 Å². The topological polar surface area (TPSA) is 99.3 Å². The second-order valence-electron chi connectivity index (χ2n) is 8.05. The number of alkyl halides is 2. The Hall–Kier alpha value is -3.79. The van der Waals surface area contributed by atoms with Crippen LogP contribution in [-0.4, -0.2) is 59.0 Å². The minimum absolute atomic E-state index is 0.0959. The van der Waals surface area contributed by atoms with E-state index in [-0.39, 0.29) is 13.0 Å². The van der Waals surface area contributed by atoms with Gasteiger partial charge in [-0.05, 0) is 29.8 Å². The number of aromatic nitrogens is 7. The number of halogens is 2. The number of fused-ring (bicyclic) bond motifs is 2. The van der Waals surface area contributed by atoms with Gasteiger partial charge in [0.15, 0.2) is 17.1 Å². The van der Waals surface area contributed by atoms with E-state index in [2.05, 4.69) is 35.1 Å². The first kappa shape index (κ1) is 18.9. The zero-order valence-corrected chi connectivity index (χ0v) is 16.9. The van der Waals surface area contributed by atoms with Crippen molar-refractivity contribution in [3.05, 3.63) is 54.6 Å². The van der Waals surface area contributed by atoms with Gasteiger partial charge in [-0.25, -0.2) is 23.7 Å². The van der Waals surface area contributed by atoms with Crippen LogP contribution in [-0.2, 0) is 6.54 Å². The van der Waals surface area contributed by atoms with Crippen molar-refractivity contribution in [3.63, 3.8) is 0 Å². The fourth-order valence-corrected chi connectivity index (χ4v) is 4.13. The number of hydrogen-bond donors (Lipinski definition) is 2. The molecule has 1 aliphatic heterocycles. The van der Waals surface area contributed by atoms with E-state index in [0.717, 1.165) is 27.6 Å². The van der Waals surface area contributed by atoms with Crippen molar-refractivity contribution in [2.45, 2.75) is 18.9 Å². The Morgan fingerprint density at radius 2 is 1.97 bits per heavy atom. The first-order valence-electron chi connectivity index (χ1n) is 10.2. The van der Waals surface area contributed by atoms with E-state index in [1.54, 1.807) is 29.7 Å². The van der Waals surface area contributed by atoms with Gasteiger partial charge in [-0.1, -0.05) is 0 Å². The zero-order chi connectivity index (χ0) is 21.7. The third-order valence-corrected chi connectivity index (χ3v) is 5.68. The molecule has 10 heteroatoms. The number of likely N-dealkylation sites (tertiary alicyclic amines) is 1. The molecule has 2 N–H and O–H groups in total. The van der Waals surface area contributed by atoms with Crippen LogP contribution in [0.2, 0.25) is 0 Å². The van der Waals surface area contributed by atoms with Crippen molar-refractivity contribution in [1.29, 1.82) is 0 Å². The molecule has 5 aromatic rings. The Morgan fingerprint density at radius 1 is 1.06 bits per heavy atom. The van der Waals surface area contributed by atoms with Crippen LogP contribution < -0.4 is 0 Å². The quantitative estimate of drug-likeness (QED) is 0.448. The lowest BCUT2D eigenvalue weighted by molar-refractivity contribution is 0.0115. The first-order chi connectivity index (χ1) is 15.5. The van der Waals surface area contributed by atoms with Gasteiger partial charge in [-0.2, -0.15) is 5.10 Å². The van der Waals surface area contributed by atoms with Crippen molar-refractivity contribution >= 4 is 22.2 Å². The van der Waals surface area contributed by atoms with E-state index in [1.807, 2.05) is 24.3 Å². The molecule has 1 fully saturated rings. The average molecular weight is 432 g/mol. The molecular formula is C22H18F2N8. The number of imidazole rings is 1. The van der Waals surface area contributed by atoms with E-state index in [9.17, 15) is 8.78 Å². The molecule has 0 amide bonds. The Balaban J connectivity index is 1.34. The van der Waals surface area contributed by atoms with Gasteiger partial charge < -0.3 is 4.98 Å². The molecule has 32 heavy (non-hydrogen) atoms. The summed E-state index contributed by atoms with van der Waals surface area (Å²) in [7, 11) is 0. The minimum Gasteiger partial charge on any atom is -0.321 e. The third kappa shape index (κ3) is 3.38. The van der Waals surface area contributed by atoms with E-state index >= 15 is 0 Å².